The molecule has 0 amide bonds. The summed E-state index contributed by atoms with van der Waals surface area (Å²) >= 11 is 6.21. The van der Waals surface area contributed by atoms with Crippen LogP contribution in [0.4, 0.5) is 0 Å². The lowest BCUT2D eigenvalue weighted by Gasteiger charge is -2.44. The highest BCUT2D eigenvalue weighted by Gasteiger charge is 2.35. The number of halogens is 1. The van der Waals surface area contributed by atoms with Crippen LogP contribution in [0.1, 0.15) is 24.5 Å². The summed E-state index contributed by atoms with van der Waals surface area (Å²) in [6.45, 7) is 3.75. The largest absolute Gasteiger partial charge is 0.495 e. The first-order valence-corrected chi connectivity index (χ1v) is 7.71. The normalized spacial score (nSPS) is 29.0. The van der Waals surface area contributed by atoms with E-state index in [1.165, 1.54) is 43.6 Å². The standard InChI is InChI=1S/C16H19ClN2O/c1-20-16-7-11-6-15(18-14(11)8-13(16)17)12-9-19-4-2-10(12)3-5-19/h6-8,10,12,18H,2-5,9H2,1H3. The highest BCUT2D eigenvalue weighted by molar-refractivity contribution is 6.32. The topological polar surface area (TPSA) is 28.3 Å². The summed E-state index contributed by atoms with van der Waals surface area (Å²) in [6.07, 6.45) is 2.67. The summed E-state index contributed by atoms with van der Waals surface area (Å²) in [5.41, 5.74) is 2.47. The van der Waals surface area contributed by atoms with E-state index in [9.17, 15) is 0 Å². The SMILES string of the molecule is COc1cc2cc(C3CN4CCC3CC4)[nH]c2cc1Cl. The molecular weight excluding hydrogens is 272 g/mol. The summed E-state index contributed by atoms with van der Waals surface area (Å²) in [6, 6.07) is 6.28. The van der Waals surface area contributed by atoms with Gasteiger partial charge in [-0.25, -0.2) is 0 Å². The number of rotatable bonds is 2. The first-order chi connectivity index (χ1) is 9.74. The number of ether oxygens (including phenoxy) is 1. The van der Waals surface area contributed by atoms with E-state index in [0.717, 1.165) is 17.2 Å². The van der Waals surface area contributed by atoms with Crippen molar-refractivity contribution in [2.45, 2.75) is 18.8 Å². The third-order valence-corrected chi connectivity index (χ3v) is 5.26. The number of H-pyrrole nitrogens is 1. The van der Waals surface area contributed by atoms with Gasteiger partial charge >= 0.3 is 0 Å². The van der Waals surface area contributed by atoms with Crippen molar-refractivity contribution in [3.63, 3.8) is 0 Å². The molecule has 3 saturated heterocycles. The monoisotopic (exact) mass is 290 g/mol. The molecule has 3 nitrogen and oxygen atoms in total. The molecule has 1 unspecified atom stereocenters. The average Bonchev–Trinajstić information content (AvgIpc) is 2.90. The smallest absolute Gasteiger partial charge is 0.138 e. The van der Waals surface area contributed by atoms with Crippen LogP contribution in [0, 0.1) is 5.92 Å². The van der Waals surface area contributed by atoms with E-state index < -0.39 is 0 Å². The van der Waals surface area contributed by atoms with Crippen molar-refractivity contribution >= 4 is 22.5 Å². The molecule has 106 valence electrons. The summed E-state index contributed by atoms with van der Waals surface area (Å²) in [5.74, 6) is 2.23. The van der Waals surface area contributed by atoms with Gasteiger partial charge < -0.3 is 14.6 Å². The molecule has 20 heavy (non-hydrogen) atoms. The minimum atomic E-state index is 0.648. The second-order valence-electron chi connectivity index (χ2n) is 6.04. The Morgan fingerprint density at radius 1 is 1.25 bits per heavy atom. The predicted molar refractivity (Wildman–Crippen MR) is 81.8 cm³/mol. The van der Waals surface area contributed by atoms with Crippen LogP contribution in [-0.4, -0.2) is 36.6 Å². The van der Waals surface area contributed by atoms with Gasteiger partial charge in [-0.1, -0.05) is 11.6 Å². The number of nitrogens with zero attached hydrogens (tertiary/aromatic N) is 1. The van der Waals surface area contributed by atoms with Crippen LogP contribution >= 0.6 is 11.6 Å². The second kappa shape index (κ2) is 4.68. The third kappa shape index (κ3) is 1.92. The fourth-order valence-corrected chi connectivity index (χ4v) is 4.07. The zero-order chi connectivity index (χ0) is 13.7. The molecule has 3 aliphatic rings. The first kappa shape index (κ1) is 12.5. The van der Waals surface area contributed by atoms with Gasteiger partial charge in [0.15, 0.2) is 0 Å². The fraction of sp³-hybridized carbons (Fsp3) is 0.500. The Kier molecular flexibility index (Phi) is 2.93. The molecule has 3 fully saturated rings. The molecule has 4 heteroatoms. The van der Waals surface area contributed by atoms with E-state index in [0.29, 0.717) is 10.9 Å². The minimum Gasteiger partial charge on any atom is -0.495 e. The zero-order valence-corrected chi connectivity index (χ0v) is 12.4. The number of aromatic nitrogens is 1. The number of benzene rings is 1. The Bertz CT molecular complexity index is 643. The third-order valence-electron chi connectivity index (χ3n) is 4.97. The van der Waals surface area contributed by atoms with Crippen molar-refractivity contribution in [1.29, 1.82) is 0 Å². The first-order valence-electron chi connectivity index (χ1n) is 7.33. The van der Waals surface area contributed by atoms with E-state index >= 15 is 0 Å². The molecule has 0 aliphatic carbocycles. The van der Waals surface area contributed by atoms with Crippen LogP contribution in [0.3, 0.4) is 0 Å². The van der Waals surface area contributed by atoms with E-state index in [-0.39, 0.29) is 0 Å². The van der Waals surface area contributed by atoms with Crippen LogP contribution in [0.25, 0.3) is 10.9 Å². The number of nitrogens with one attached hydrogen (secondary N) is 1. The maximum absolute atomic E-state index is 6.21. The number of methoxy groups -OCH3 is 1. The van der Waals surface area contributed by atoms with Gasteiger partial charge in [-0.2, -0.15) is 0 Å². The summed E-state index contributed by atoms with van der Waals surface area (Å²) in [4.78, 5) is 6.16. The van der Waals surface area contributed by atoms with E-state index in [4.69, 9.17) is 16.3 Å². The van der Waals surface area contributed by atoms with Crippen LogP contribution < -0.4 is 4.74 Å². The lowest BCUT2D eigenvalue weighted by atomic mass is 9.77. The molecule has 1 aromatic carbocycles. The van der Waals surface area contributed by atoms with Crippen LogP contribution in [0.5, 0.6) is 5.75 Å². The summed E-state index contributed by atoms with van der Waals surface area (Å²) < 4.78 is 5.30. The zero-order valence-electron chi connectivity index (χ0n) is 11.7. The second-order valence-corrected chi connectivity index (χ2v) is 6.45. The van der Waals surface area contributed by atoms with Gasteiger partial charge in [0.1, 0.15) is 5.75 Å². The Morgan fingerprint density at radius 2 is 2.05 bits per heavy atom. The Morgan fingerprint density at radius 3 is 2.70 bits per heavy atom. The van der Waals surface area contributed by atoms with Gasteiger partial charge in [-0.05, 0) is 50.0 Å². The number of hydrogen-bond donors (Lipinski definition) is 1. The minimum absolute atomic E-state index is 0.648. The molecular formula is C16H19ClN2O. The fourth-order valence-electron chi connectivity index (χ4n) is 3.83. The van der Waals surface area contributed by atoms with E-state index in [2.05, 4.69) is 16.0 Å². The Balaban J connectivity index is 1.74. The molecule has 2 bridgehead atoms. The number of hydrogen-bond acceptors (Lipinski definition) is 2. The number of piperidine rings is 3. The maximum atomic E-state index is 6.21. The van der Waals surface area contributed by atoms with Gasteiger partial charge in [0.05, 0.1) is 12.1 Å². The van der Waals surface area contributed by atoms with Crippen molar-refractivity contribution in [3.8, 4) is 5.75 Å². The highest BCUT2D eigenvalue weighted by Crippen LogP contribution is 2.40. The molecule has 3 aliphatic heterocycles. The quantitative estimate of drug-likeness (QED) is 0.915. The van der Waals surface area contributed by atoms with E-state index in [1.807, 2.05) is 12.1 Å². The molecule has 1 N–H and O–H groups in total. The average molecular weight is 291 g/mol. The van der Waals surface area contributed by atoms with Gasteiger partial charge in [0, 0.05) is 29.1 Å². The van der Waals surface area contributed by atoms with Gasteiger partial charge in [-0.15, -0.1) is 0 Å². The Hall–Kier alpha value is -1.19. The van der Waals surface area contributed by atoms with Crippen molar-refractivity contribution in [3.05, 3.63) is 28.9 Å². The van der Waals surface area contributed by atoms with Crippen LogP contribution in [0.2, 0.25) is 5.02 Å². The lowest BCUT2D eigenvalue weighted by Crippen LogP contribution is -2.46. The van der Waals surface area contributed by atoms with Gasteiger partial charge in [-0.3, -0.25) is 0 Å². The van der Waals surface area contributed by atoms with E-state index in [1.54, 1.807) is 7.11 Å². The highest BCUT2D eigenvalue weighted by atomic mass is 35.5. The maximum Gasteiger partial charge on any atom is 0.138 e. The predicted octanol–water partition coefficient (Wildman–Crippen LogP) is 3.64. The van der Waals surface area contributed by atoms with Crippen molar-refractivity contribution < 1.29 is 4.74 Å². The molecule has 0 saturated carbocycles. The van der Waals surface area contributed by atoms with Crippen molar-refractivity contribution in [2.24, 2.45) is 5.92 Å². The van der Waals surface area contributed by atoms with Crippen molar-refractivity contribution in [1.82, 2.24) is 9.88 Å². The van der Waals surface area contributed by atoms with Gasteiger partial charge in [0.25, 0.3) is 0 Å². The summed E-state index contributed by atoms with van der Waals surface area (Å²) in [5, 5.41) is 1.86. The van der Waals surface area contributed by atoms with Gasteiger partial charge in [0.2, 0.25) is 0 Å². The van der Waals surface area contributed by atoms with Crippen LogP contribution in [-0.2, 0) is 0 Å². The van der Waals surface area contributed by atoms with Crippen molar-refractivity contribution in [2.75, 3.05) is 26.7 Å². The lowest BCUT2D eigenvalue weighted by molar-refractivity contribution is 0.0857. The molecule has 2 aromatic rings. The number of fused-ring (bicyclic) bond motifs is 4. The van der Waals surface area contributed by atoms with Crippen LogP contribution in [0.15, 0.2) is 18.2 Å². The summed E-state index contributed by atoms with van der Waals surface area (Å²) in [7, 11) is 1.66. The molecule has 4 heterocycles. The Labute approximate surface area is 123 Å². The molecule has 0 radical (unpaired) electrons. The molecule has 1 aromatic heterocycles. The molecule has 5 rings (SSSR count). The molecule has 0 spiro atoms. The number of aromatic amines is 1. The molecule has 1 atom stereocenters.